The molecule has 0 aliphatic rings. The van der Waals surface area contributed by atoms with Crippen LogP contribution < -0.4 is 9.88 Å². The molecule has 2 N–H and O–H groups in total. The van der Waals surface area contributed by atoms with E-state index < -0.39 is 10.0 Å². The van der Waals surface area contributed by atoms with Crippen molar-refractivity contribution in [2.24, 2.45) is 5.14 Å². The van der Waals surface area contributed by atoms with Gasteiger partial charge in [-0.3, -0.25) is 4.68 Å². The first-order valence-corrected chi connectivity index (χ1v) is 9.32. The Balaban J connectivity index is 2.22. The van der Waals surface area contributed by atoms with Gasteiger partial charge in [0.05, 0.1) is 12.0 Å². The van der Waals surface area contributed by atoms with Crippen molar-refractivity contribution in [3.05, 3.63) is 54.7 Å². The molecular formula is C18H19N3O3S. The van der Waals surface area contributed by atoms with Gasteiger partial charge in [0, 0.05) is 23.9 Å². The average molecular weight is 357 g/mol. The molecule has 1 aromatic heterocycles. The topological polar surface area (TPSA) is 87.2 Å². The van der Waals surface area contributed by atoms with E-state index in [0.717, 1.165) is 16.9 Å². The number of primary sulfonamides is 1. The van der Waals surface area contributed by atoms with Gasteiger partial charge in [0.25, 0.3) is 0 Å². The van der Waals surface area contributed by atoms with Crippen molar-refractivity contribution in [1.29, 1.82) is 0 Å². The van der Waals surface area contributed by atoms with Crippen molar-refractivity contribution in [2.45, 2.75) is 18.4 Å². The van der Waals surface area contributed by atoms with Crippen LogP contribution in [0.2, 0.25) is 0 Å². The van der Waals surface area contributed by atoms with Gasteiger partial charge in [-0.1, -0.05) is 30.3 Å². The minimum Gasteiger partial charge on any atom is -0.497 e. The molecule has 3 aromatic rings. The van der Waals surface area contributed by atoms with Gasteiger partial charge >= 0.3 is 0 Å². The normalized spacial score (nSPS) is 11.5. The van der Waals surface area contributed by atoms with E-state index in [1.54, 1.807) is 30.0 Å². The lowest BCUT2D eigenvalue weighted by molar-refractivity contribution is 0.415. The molecule has 0 aliphatic carbocycles. The van der Waals surface area contributed by atoms with Crippen LogP contribution in [0.25, 0.3) is 22.4 Å². The van der Waals surface area contributed by atoms with Crippen LogP contribution in [0.5, 0.6) is 5.75 Å². The summed E-state index contributed by atoms with van der Waals surface area (Å²) in [4.78, 5) is 0.0612. The molecule has 0 unspecified atom stereocenters. The first-order chi connectivity index (χ1) is 11.9. The molecule has 0 spiro atoms. The van der Waals surface area contributed by atoms with Gasteiger partial charge in [-0.05, 0) is 30.7 Å². The highest BCUT2D eigenvalue weighted by molar-refractivity contribution is 7.89. The predicted molar refractivity (Wildman–Crippen MR) is 96.7 cm³/mol. The monoisotopic (exact) mass is 357 g/mol. The molecule has 0 fully saturated rings. The Morgan fingerprint density at radius 3 is 2.36 bits per heavy atom. The molecule has 0 bridgehead atoms. The number of nitrogens with zero attached hydrogens (tertiary/aromatic N) is 2. The smallest absolute Gasteiger partial charge is 0.238 e. The quantitative estimate of drug-likeness (QED) is 0.760. The van der Waals surface area contributed by atoms with Crippen molar-refractivity contribution >= 4 is 10.0 Å². The summed E-state index contributed by atoms with van der Waals surface area (Å²) in [6.45, 7) is 2.64. The Hall–Kier alpha value is -2.64. The summed E-state index contributed by atoms with van der Waals surface area (Å²) in [5.74, 6) is 0.748. The average Bonchev–Trinajstić information content (AvgIpc) is 3.05. The molecular weight excluding hydrogens is 338 g/mol. The van der Waals surface area contributed by atoms with Gasteiger partial charge in [0.15, 0.2) is 0 Å². The maximum Gasteiger partial charge on any atom is 0.238 e. The molecule has 3 rings (SSSR count). The zero-order valence-corrected chi connectivity index (χ0v) is 14.8. The summed E-state index contributed by atoms with van der Waals surface area (Å²) in [6.07, 6.45) is 1.90. The van der Waals surface area contributed by atoms with Gasteiger partial charge in [-0.2, -0.15) is 5.10 Å². The first-order valence-electron chi connectivity index (χ1n) is 7.78. The summed E-state index contributed by atoms with van der Waals surface area (Å²) < 4.78 is 30.9. The lowest BCUT2D eigenvalue weighted by Gasteiger charge is -2.08. The largest absolute Gasteiger partial charge is 0.497 e. The number of sulfonamides is 1. The van der Waals surface area contributed by atoms with E-state index in [9.17, 15) is 8.42 Å². The van der Waals surface area contributed by atoms with Crippen LogP contribution >= 0.6 is 0 Å². The molecule has 25 heavy (non-hydrogen) atoms. The number of benzene rings is 2. The Morgan fingerprint density at radius 1 is 1.08 bits per heavy atom. The Morgan fingerprint density at radius 2 is 1.76 bits per heavy atom. The van der Waals surface area contributed by atoms with E-state index in [2.05, 4.69) is 5.10 Å². The molecule has 0 saturated carbocycles. The van der Waals surface area contributed by atoms with Gasteiger partial charge in [-0.25, -0.2) is 13.6 Å². The van der Waals surface area contributed by atoms with E-state index in [4.69, 9.17) is 9.88 Å². The van der Waals surface area contributed by atoms with Crippen LogP contribution in [0.4, 0.5) is 0 Å². The molecule has 2 aromatic carbocycles. The number of hydrogen-bond donors (Lipinski definition) is 1. The first kappa shape index (κ1) is 17.2. The van der Waals surface area contributed by atoms with Crippen molar-refractivity contribution in [3.8, 4) is 28.1 Å². The Kier molecular flexibility index (Phi) is 4.61. The highest BCUT2D eigenvalue weighted by Gasteiger charge is 2.20. The molecule has 130 valence electrons. The molecule has 0 saturated heterocycles. The molecule has 0 aliphatic heterocycles. The van der Waals surface area contributed by atoms with Crippen LogP contribution in [-0.2, 0) is 16.6 Å². The van der Waals surface area contributed by atoms with Gasteiger partial charge in [0.1, 0.15) is 11.4 Å². The number of aryl methyl sites for hydroxylation is 1. The van der Waals surface area contributed by atoms with E-state index in [1.807, 2.05) is 37.4 Å². The number of ether oxygens (including phenoxy) is 1. The minimum absolute atomic E-state index is 0.0612. The third kappa shape index (κ3) is 3.42. The predicted octanol–water partition coefficient (Wildman–Crippen LogP) is 2.89. The van der Waals surface area contributed by atoms with E-state index >= 15 is 0 Å². The number of methoxy groups -OCH3 is 1. The highest BCUT2D eigenvalue weighted by atomic mass is 32.2. The third-order valence-corrected chi connectivity index (χ3v) is 4.90. The number of aromatic nitrogens is 2. The summed E-state index contributed by atoms with van der Waals surface area (Å²) in [5, 5.41) is 9.94. The minimum atomic E-state index is -3.86. The molecule has 0 amide bonds. The summed E-state index contributed by atoms with van der Waals surface area (Å²) in [5.41, 5.74) is 2.82. The van der Waals surface area contributed by atoms with E-state index in [1.165, 1.54) is 6.07 Å². The zero-order valence-electron chi connectivity index (χ0n) is 14.0. The fourth-order valence-corrected chi connectivity index (χ4v) is 3.41. The number of nitrogens with two attached hydrogens (primary N) is 1. The molecule has 1 heterocycles. The van der Waals surface area contributed by atoms with Crippen LogP contribution in [-0.4, -0.2) is 25.3 Å². The van der Waals surface area contributed by atoms with Crippen molar-refractivity contribution < 1.29 is 13.2 Å². The van der Waals surface area contributed by atoms with E-state index in [-0.39, 0.29) is 4.90 Å². The van der Waals surface area contributed by atoms with Gasteiger partial charge in [0.2, 0.25) is 10.0 Å². The Labute approximate surface area is 146 Å². The lowest BCUT2D eigenvalue weighted by atomic mass is 10.0. The standard InChI is InChI=1S/C18H19N3O3S/c1-3-21-12-16(13-8-10-14(24-2)11-9-13)18(20-21)15-6-4-5-7-17(15)25(19,22)23/h4-12H,3H2,1-2H3,(H2,19,22,23). The summed E-state index contributed by atoms with van der Waals surface area (Å²) >= 11 is 0. The molecule has 7 heteroatoms. The van der Waals surface area contributed by atoms with Crippen molar-refractivity contribution in [1.82, 2.24) is 9.78 Å². The van der Waals surface area contributed by atoms with Gasteiger partial charge < -0.3 is 4.74 Å². The van der Waals surface area contributed by atoms with Crippen LogP contribution in [0.15, 0.2) is 59.6 Å². The SMILES string of the molecule is CCn1cc(-c2ccc(OC)cc2)c(-c2ccccc2S(N)(=O)=O)n1. The second-order valence-electron chi connectivity index (χ2n) is 5.52. The zero-order chi connectivity index (χ0) is 18.0. The maximum absolute atomic E-state index is 12.0. The number of hydrogen-bond acceptors (Lipinski definition) is 4. The van der Waals surface area contributed by atoms with Gasteiger partial charge in [-0.15, -0.1) is 0 Å². The van der Waals surface area contributed by atoms with Crippen LogP contribution in [0.3, 0.4) is 0 Å². The summed E-state index contributed by atoms with van der Waals surface area (Å²) in [6, 6.07) is 14.2. The maximum atomic E-state index is 12.0. The highest BCUT2D eigenvalue weighted by Crippen LogP contribution is 2.35. The van der Waals surface area contributed by atoms with E-state index in [0.29, 0.717) is 17.8 Å². The Bertz CT molecular complexity index is 993. The van der Waals surface area contributed by atoms with Crippen LogP contribution in [0, 0.1) is 0 Å². The van der Waals surface area contributed by atoms with Crippen LogP contribution in [0.1, 0.15) is 6.92 Å². The fraction of sp³-hybridized carbons (Fsp3) is 0.167. The fourth-order valence-electron chi connectivity index (χ4n) is 2.67. The number of rotatable bonds is 5. The second kappa shape index (κ2) is 6.70. The van der Waals surface area contributed by atoms with Crippen molar-refractivity contribution in [2.75, 3.05) is 7.11 Å². The molecule has 0 radical (unpaired) electrons. The second-order valence-corrected chi connectivity index (χ2v) is 7.05. The molecule has 6 nitrogen and oxygen atoms in total. The summed E-state index contributed by atoms with van der Waals surface area (Å²) in [7, 11) is -2.25. The van der Waals surface area contributed by atoms with Crippen molar-refractivity contribution in [3.63, 3.8) is 0 Å². The molecule has 0 atom stereocenters. The third-order valence-electron chi connectivity index (χ3n) is 3.94. The lowest BCUT2D eigenvalue weighted by Crippen LogP contribution is -2.13.